The third-order valence-electron chi connectivity index (χ3n) is 4.30. The van der Waals surface area contributed by atoms with Crippen molar-refractivity contribution < 1.29 is 14.3 Å². The van der Waals surface area contributed by atoms with Crippen LogP contribution in [0.3, 0.4) is 0 Å². The Bertz CT molecular complexity index is 828. The molecule has 1 unspecified atom stereocenters. The van der Waals surface area contributed by atoms with Crippen LogP contribution in [0.5, 0.6) is 5.75 Å². The van der Waals surface area contributed by atoms with Crippen LogP contribution in [0.15, 0.2) is 24.3 Å². The highest BCUT2D eigenvalue weighted by Gasteiger charge is 2.37. The molecule has 1 aromatic carbocycles. The molecule has 1 aromatic heterocycles. The van der Waals surface area contributed by atoms with Gasteiger partial charge >= 0.3 is 0 Å². The van der Waals surface area contributed by atoms with E-state index in [4.69, 9.17) is 16.3 Å². The molecule has 3 rings (SSSR count). The summed E-state index contributed by atoms with van der Waals surface area (Å²) in [5, 5.41) is 9.93. The van der Waals surface area contributed by atoms with E-state index in [2.05, 4.69) is 10.2 Å². The zero-order valence-electron chi connectivity index (χ0n) is 15.2. The molecule has 1 fully saturated rings. The van der Waals surface area contributed by atoms with Crippen LogP contribution in [-0.4, -0.2) is 53.7 Å². The van der Waals surface area contributed by atoms with E-state index in [9.17, 15) is 9.59 Å². The second-order valence-corrected chi connectivity index (χ2v) is 8.02. The van der Waals surface area contributed by atoms with Crippen molar-refractivity contribution >= 4 is 39.9 Å². The van der Waals surface area contributed by atoms with Crippen LogP contribution in [0.25, 0.3) is 0 Å². The minimum Gasteiger partial charge on any atom is -0.493 e. The number of carbonyl (C=O) groups is 2. The smallest absolute Gasteiger partial charge is 0.229 e. The zero-order chi connectivity index (χ0) is 19.4. The van der Waals surface area contributed by atoms with Gasteiger partial charge in [-0.1, -0.05) is 29.0 Å². The summed E-state index contributed by atoms with van der Waals surface area (Å²) in [5.74, 6) is 0.249. The number of aryl methyl sites for hydroxylation is 1. The summed E-state index contributed by atoms with van der Waals surface area (Å²) >= 11 is 7.28. The van der Waals surface area contributed by atoms with Crippen molar-refractivity contribution in [3.63, 3.8) is 0 Å². The molecule has 1 aliphatic rings. The predicted molar refractivity (Wildman–Crippen MR) is 104 cm³/mol. The van der Waals surface area contributed by atoms with Crippen LogP contribution >= 0.6 is 22.9 Å². The third kappa shape index (κ3) is 4.95. The highest BCUT2D eigenvalue weighted by atomic mass is 35.5. The van der Waals surface area contributed by atoms with E-state index in [1.54, 1.807) is 29.0 Å². The molecule has 9 heteroatoms. The number of anilines is 1. The average molecular weight is 409 g/mol. The van der Waals surface area contributed by atoms with Crippen LogP contribution in [-0.2, 0) is 9.59 Å². The minimum atomic E-state index is -0.347. The largest absolute Gasteiger partial charge is 0.493 e. The Morgan fingerprint density at radius 3 is 2.96 bits per heavy atom. The molecule has 2 heterocycles. The van der Waals surface area contributed by atoms with Crippen molar-refractivity contribution in [1.82, 2.24) is 15.1 Å². The Labute approximate surface area is 166 Å². The number of hydrogen-bond donors (Lipinski definition) is 0. The Hall–Kier alpha value is -2.19. The Kier molecular flexibility index (Phi) is 6.28. The number of aromatic nitrogens is 2. The molecule has 0 radical (unpaired) electrons. The Morgan fingerprint density at radius 2 is 2.26 bits per heavy atom. The van der Waals surface area contributed by atoms with Crippen molar-refractivity contribution in [3.8, 4) is 5.75 Å². The molecule has 0 saturated carbocycles. The first-order valence-electron chi connectivity index (χ1n) is 8.68. The molecule has 2 aromatic rings. The van der Waals surface area contributed by atoms with E-state index in [1.165, 1.54) is 11.3 Å². The third-order valence-corrected chi connectivity index (χ3v) is 5.40. The summed E-state index contributed by atoms with van der Waals surface area (Å²) in [5.41, 5.74) is 0. The van der Waals surface area contributed by atoms with Gasteiger partial charge in [0.1, 0.15) is 10.8 Å². The summed E-state index contributed by atoms with van der Waals surface area (Å²) in [4.78, 5) is 28.1. The normalized spacial score (nSPS) is 16.6. The van der Waals surface area contributed by atoms with Gasteiger partial charge in [0.05, 0.1) is 12.5 Å². The number of hydrogen-bond acceptors (Lipinski definition) is 6. The summed E-state index contributed by atoms with van der Waals surface area (Å²) in [6.07, 6.45) is 0.898. The molecule has 0 bridgehead atoms. The average Bonchev–Trinajstić information content (AvgIpc) is 3.23. The minimum absolute atomic E-state index is 0.0326. The SMILES string of the molecule is Cc1nnc(N2CC(C(=O)N(C)CCCOc3cccc(Cl)c3)CC2=O)s1. The molecule has 0 spiro atoms. The van der Waals surface area contributed by atoms with E-state index >= 15 is 0 Å². The number of ether oxygens (including phenoxy) is 1. The molecule has 0 N–H and O–H groups in total. The highest BCUT2D eigenvalue weighted by molar-refractivity contribution is 7.15. The van der Waals surface area contributed by atoms with Crippen LogP contribution in [0, 0.1) is 12.8 Å². The molecule has 2 amide bonds. The lowest BCUT2D eigenvalue weighted by Gasteiger charge is -2.21. The number of nitrogens with zero attached hydrogens (tertiary/aromatic N) is 4. The highest BCUT2D eigenvalue weighted by Crippen LogP contribution is 2.28. The van der Waals surface area contributed by atoms with E-state index in [0.717, 1.165) is 5.01 Å². The van der Waals surface area contributed by atoms with Gasteiger partial charge in [0, 0.05) is 31.6 Å². The monoisotopic (exact) mass is 408 g/mol. The molecule has 1 aliphatic heterocycles. The van der Waals surface area contributed by atoms with Crippen molar-refractivity contribution in [1.29, 1.82) is 0 Å². The number of halogens is 1. The second-order valence-electron chi connectivity index (χ2n) is 6.43. The fourth-order valence-electron chi connectivity index (χ4n) is 2.92. The van der Waals surface area contributed by atoms with Gasteiger partial charge in [0.15, 0.2) is 0 Å². The summed E-state index contributed by atoms with van der Waals surface area (Å²) in [7, 11) is 1.75. The fourth-order valence-corrected chi connectivity index (χ4v) is 3.82. The zero-order valence-corrected chi connectivity index (χ0v) is 16.8. The number of carbonyl (C=O) groups excluding carboxylic acids is 2. The van der Waals surface area contributed by atoms with Gasteiger partial charge in [-0.05, 0) is 31.5 Å². The van der Waals surface area contributed by atoms with Crippen LogP contribution in [0.2, 0.25) is 5.02 Å². The van der Waals surface area contributed by atoms with Crippen molar-refractivity contribution in [2.24, 2.45) is 5.92 Å². The molecule has 0 aliphatic carbocycles. The van der Waals surface area contributed by atoms with Gasteiger partial charge in [-0.2, -0.15) is 0 Å². The van der Waals surface area contributed by atoms with Crippen molar-refractivity contribution in [2.45, 2.75) is 19.8 Å². The lowest BCUT2D eigenvalue weighted by molar-refractivity contribution is -0.134. The molecule has 1 atom stereocenters. The van der Waals surface area contributed by atoms with Gasteiger partial charge in [0.2, 0.25) is 16.9 Å². The maximum Gasteiger partial charge on any atom is 0.229 e. The van der Waals surface area contributed by atoms with Crippen LogP contribution < -0.4 is 9.64 Å². The Morgan fingerprint density at radius 1 is 1.44 bits per heavy atom. The van der Waals surface area contributed by atoms with Gasteiger partial charge in [0.25, 0.3) is 0 Å². The molecular weight excluding hydrogens is 388 g/mol. The topological polar surface area (TPSA) is 75.6 Å². The van der Waals surface area contributed by atoms with Gasteiger partial charge in [-0.3, -0.25) is 14.5 Å². The van der Waals surface area contributed by atoms with Gasteiger partial charge in [-0.15, -0.1) is 10.2 Å². The second kappa shape index (κ2) is 8.67. The molecule has 1 saturated heterocycles. The summed E-state index contributed by atoms with van der Waals surface area (Å²) in [6.45, 7) is 3.24. The molecule has 144 valence electrons. The molecule has 7 nitrogen and oxygen atoms in total. The number of rotatable bonds is 7. The summed E-state index contributed by atoms with van der Waals surface area (Å²) < 4.78 is 5.64. The van der Waals surface area contributed by atoms with E-state index in [0.29, 0.717) is 42.0 Å². The fraction of sp³-hybridized carbons (Fsp3) is 0.444. The summed E-state index contributed by atoms with van der Waals surface area (Å²) in [6, 6.07) is 7.21. The standard InChI is InChI=1S/C18H21ClN4O3S/c1-12-20-21-18(27-12)23-11-13(9-16(23)24)17(25)22(2)7-4-8-26-15-6-3-5-14(19)10-15/h3,5-6,10,13H,4,7-9,11H2,1-2H3. The lowest BCUT2D eigenvalue weighted by atomic mass is 10.1. The van der Waals surface area contributed by atoms with Gasteiger partial charge < -0.3 is 9.64 Å². The van der Waals surface area contributed by atoms with Gasteiger partial charge in [-0.25, -0.2) is 0 Å². The van der Waals surface area contributed by atoms with Crippen LogP contribution in [0.1, 0.15) is 17.8 Å². The van der Waals surface area contributed by atoms with Crippen molar-refractivity contribution in [3.05, 3.63) is 34.3 Å². The first-order valence-corrected chi connectivity index (χ1v) is 9.87. The predicted octanol–water partition coefficient (Wildman–Crippen LogP) is 2.78. The number of amides is 2. The first-order chi connectivity index (χ1) is 12.9. The van der Waals surface area contributed by atoms with Crippen molar-refractivity contribution in [2.75, 3.05) is 31.6 Å². The maximum absolute atomic E-state index is 12.6. The first kappa shape index (κ1) is 19.6. The van der Waals surface area contributed by atoms with E-state index in [-0.39, 0.29) is 24.2 Å². The molecule has 27 heavy (non-hydrogen) atoms. The maximum atomic E-state index is 12.6. The Balaban J connectivity index is 1.45. The molecular formula is C18H21ClN4O3S. The van der Waals surface area contributed by atoms with Crippen LogP contribution in [0.4, 0.5) is 5.13 Å². The quantitative estimate of drug-likeness (QED) is 0.658. The lowest BCUT2D eigenvalue weighted by Crippen LogP contribution is -2.35. The van der Waals surface area contributed by atoms with E-state index in [1.807, 2.05) is 19.1 Å². The number of benzene rings is 1. The van der Waals surface area contributed by atoms with E-state index < -0.39 is 0 Å².